The molecule has 94 valence electrons. The van der Waals surface area contributed by atoms with Gasteiger partial charge >= 0.3 is 5.69 Å². The Labute approximate surface area is 105 Å². The molecule has 0 aliphatic heterocycles. The normalized spacial score (nSPS) is 10.3. The Morgan fingerprint density at radius 2 is 2.35 bits per heavy atom. The van der Waals surface area contributed by atoms with E-state index in [2.05, 4.69) is 10.3 Å². The minimum Gasteiger partial charge on any atom is -0.354 e. The van der Waals surface area contributed by atoms with Crippen molar-refractivity contribution in [3.8, 4) is 0 Å². The zero-order valence-corrected chi connectivity index (χ0v) is 10.6. The van der Waals surface area contributed by atoms with E-state index in [1.165, 1.54) is 12.3 Å². The smallest absolute Gasteiger partial charge is 0.313 e. The summed E-state index contributed by atoms with van der Waals surface area (Å²) in [6.45, 7) is 1.54. The van der Waals surface area contributed by atoms with E-state index in [-0.39, 0.29) is 10.7 Å². The SMILES string of the molecule is CNCCCN(C)c1ncc(Cl)cc1[N+](=O)[O-]. The Bertz CT molecular complexity index is 400. The summed E-state index contributed by atoms with van der Waals surface area (Å²) in [4.78, 5) is 16.2. The van der Waals surface area contributed by atoms with E-state index in [4.69, 9.17) is 11.6 Å². The summed E-state index contributed by atoms with van der Waals surface area (Å²) >= 11 is 5.70. The molecule has 1 N–H and O–H groups in total. The summed E-state index contributed by atoms with van der Waals surface area (Å²) in [5, 5.41) is 14.2. The van der Waals surface area contributed by atoms with Crippen molar-refractivity contribution in [3.63, 3.8) is 0 Å². The first-order valence-corrected chi connectivity index (χ1v) is 5.59. The summed E-state index contributed by atoms with van der Waals surface area (Å²) < 4.78 is 0. The predicted octanol–water partition coefficient (Wildman–Crippen LogP) is 1.69. The highest BCUT2D eigenvalue weighted by Crippen LogP contribution is 2.27. The highest BCUT2D eigenvalue weighted by Gasteiger charge is 2.19. The lowest BCUT2D eigenvalue weighted by atomic mass is 10.3. The van der Waals surface area contributed by atoms with E-state index in [9.17, 15) is 10.1 Å². The Morgan fingerprint density at radius 3 is 2.94 bits per heavy atom. The van der Waals surface area contributed by atoms with Crippen LogP contribution in [0.1, 0.15) is 6.42 Å². The lowest BCUT2D eigenvalue weighted by Crippen LogP contribution is -2.23. The van der Waals surface area contributed by atoms with Crippen molar-refractivity contribution >= 4 is 23.1 Å². The summed E-state index contributed by atoms with van der Waals surface area (Å²) in [5.41, 5.74) is -0.0653. The molecule has 0 saturated carbocycles. The number of nitrogens with zero attached hydrogens (tertiary/aromatic N) is 3. The van der Waals surface area contributed by atoms with Gasteiger partial charge in [0.2, 0.25) is 5.82 Å². The van der Waals surface area contributed by atoms with Gasteiger partial charge in [0.25, 0.3) is 0 Å². The molecule has 1 rings (SSSR count). The molecule has 0 spiro atoms. The molecule has 0 radical (unpaired) electrons. The van der Waals surface area contributed by atoms with Crippen molar-refractivity contribution in [1.29, 1.82) is 0 Å². The molecule has 0 aliphatic carbocycles. The van der Waals surface area contributed by atoms with Crippen LogP contribution in [0.25, 0.3) is 0 Å². The maximum absolute atomic E-state index is 10.9. The molecule has 0 aromatic carbocycles. The van der Waals surface area contributed by atoms with Crippen LogP contribution < -0.4 is 10.2 Å². The lowest BCUT2D eigenvalue weighted by Gasteiger charge is -2.17. The van der Waals surface area contributed by atoms with Gasteiger partial charge in [-0.25, -0.2) is 4.98 Å². The molecule has 6 nitrogen and oxygen atoms in total. The van der Waals surface area contributed by atoms with Crippen molar-refractivity contribution in [1.82, 2.24) is 10.3 Å². The van der Waals surface area contributed by atoms with Crippen LogP contribution >= 0.6 is 11.6 Å². The summed E-state index contributed by atoms with van der Waals surface area (Å²) in [6, 6.07) is 1.32. The number of halogens is 1. The molecule has 0 aliphatic rings. The van der Waals surface area contributed by atoms with E-state index < -0.39 is 4.92 Å². The zero-order valence-electron chi connectivity index (χ0n) is 9.81. The van der Waals surface area contributed by atoms with Gasteiger partial charge in [0.1, 0.15) is 0 Å². The Hall–Kier alpha value is -1.40. The van der Waals surface area contributed by atoms with Gasteiger partial charge in [-0.3, -0.25) is 10.1 Å². The van der Waals surface area contributed by atoms with E-state index in [1.807, 2.05) is 7.05 Å². The minimum atomic E-state index is -0.469. The molecule has 0 saturated heterocycles. The van der Waals surface area contributed by atoms with Crippen molar-refractivity contribution in [2.45, 2.75) is 6.42 Å². The van der Waals surface area contributed by atoms with Crippen LogP contribution in [-0.2, 0) is 0 Å². The maximum Gasteiger partial charge on any atom is 0.313 e. The second kappa shape index (κ2) is 6.36. The van der Waals surface area contributed by atoms with Gasteiger partial charge in [-0.1, -0.05) is 11.6 Å². The highest BCUT2D eigenvalue weighted by atomic mass is 35.5. The first kappa shape index (κ1) is 13.7. The van der Waals surface area contributed by atoms with Gasteiger partial charge in [0.15, 0.2) is 0 Å². The van der Waals surface area contributed by atoms with Crippen LogP contribution in [0.3, 0.4) is 0 Å². The second-order valence-corrected chi connectivity index (χ2v) is 4.07. The molecule has 1 aromatic heterocycles. The molecule has 1 heterocycles. The Morgan fingerprint density at radius 1 is 1.65 bits per heavy atom. The van der Waals surface area contributed by atoms with Crippen LogP contribution in [-0.4, -0.2) is 37.1 Å². The molecular formula is C10H15ClN4O2. The monoisotopic (exact) mass is 258 g/mol. The van der Waals surface area contributed by atoms with Crippen molar-refractivity contribution in [2.75, 3.05) is 32.1 Å². The summed E-state index contributed by atoms with van der Waals surface area (Å²) in [6.07, 6.45) is 2.30. The molecule has 7 heteroatoms. The third-order valence-electron chi connectivity index (χ3n) is 2.29. The van der Waals surface area contributed by atoms with Crippen LogP contribution in [0.5, 0.6) is 0 Å². The fourth-order valence-electron chi connectivity index (χ4n) is 1.45. The minimum absolute atomic E-state index is 0.0653. The van der Waals surface area contributed by atoms with Crippen LogP contribution in [0, 0.1) is 10.1 Å². The fraction of sp³-hybridized carbons (Fsp3) is 0.500. The summed E-state index contributed by atoms with van der Waals surface area (Å²) in [7, 11) is 3.64. The quantitative estimate of drug-likeness (QED) is 0.478. The molecule has 0 amide bonds. The third kappa shape index (κ3) is 3.83. The number of aromatic nitrogens is 1. The number of hydrogen-bond donors (Lipinski definition) is 1. The Balaban J connectivity index is 2.84. The molecule has 17 heavy (non-hydrogen) atoms. The van der Waals surface area contributed by atoms with Gasteiger partial charge in [-0.05, 0) is 20.0 Å². The number of nitrogens with one attached hydrogen (secondary N) is 1. The van der Waals surface area contributed by atoms with E-state index >= 15 is 0 Å². The number of hydrogen-bond acceptors (Lipinski definition) is 5. The molecular weight excluding hydrogens is 244 g/mol. The zero-order chi connectivity index (χ0) is 12.8. The number of pyridine rings is 1. The maximum atomic E-state index is 10.9. The topological polar surface area (TPSA) is 71.3 Å². The number of nitro groups is 1. The number of rotatable bonds is 6. The Kier molecular flexibility index (Phi) is 5.11. The first-order valence-electron chi connectivity index (χ1n) is 5.22. The average Bonchev–Trinajstić information content (AvgIpc) is 2.29. The second-order valence-electron chi connectivity index (χ2n) is 3.63. The van der Waals surface area contributed by atoms with Crippen LogP contribution in [0.15, 0.2) is 12.3 Å². The van der Waals surface area contributed by atoms with Gasteiger partial charge < -0.3 is 10.2 Å². The molecule has 0 fully saturated rings. The molecule has 0 unspecified atom stereocenters. The highest BCUT2D eigenvalue weighted by molar-refractivity contribution is 6.30. The standard InChI is InChI=1S/C10H15ClN4O2/c1-12-4-3-5-14(2)10-9(15(16)17)6-8(11)7-13-10/h6-7,12H,3-5H2,1-2H3. The van der Waals surface area contributed by atoms with Gasteiger partial charge in [0.05, 0.1) is 9.95 Å². The van der Waals surface area contributed by atoms with Gasteiger partial charge in [-0.2, -0.15) is 0 Å². The molecule has 1 aromatic rings. The van der Waals surface area contributed by atoms with Gasteiger partial charge in [0, 0.05) is 25.9 Å². The number of anilines is 1. The van der Waals surface area contributed by atoms with Crippen molar-refractivity contribution in [3.05, 3.63) is 27.4 Å². The van der Waals surface area contributed by atoms with Crippen LogP contribution in [0.2, 0.25) is 5.02 Å². The van der Waals surface area contributed by atoms with Crippen molar-refractivity contribution in [2.24, 2.45) is 0 Å². The fourth-order valence-corrected chi connectivity index (χ4v) is 1.60. The predicted molar refractivity (Wildman–Crippen MR) is 67.7 cm³/mol. The van der Waals surface area contributed by atoms with Crippen LogP contribution in [0.4, 0.5) is 11.5 Å². The van der Waals surface area contributed by atoms with E-state index in [0.29, 0.717) is 12.4 Å². The summed E-state index contributed by atoms with van der Waals surface area (Å²) in [5.74, 6) is 0.343. The average molecular weight is 259 g/mol. The lowest BCUT2D eigenvalue weighted by molar-refractivity contribution is -0.384. The van der Waals surface area contributed by atoms with E-state index in [0.717, 1.165) is 13.0 Å². The largest absolute Gasteiger partial charge is 0.354 e. The third-order valence-corrected chi connectivity index (χ3v) is 2.50. The van der Waals surface area contributed by atoms with E-state index in [1.54, 1.807) is 11.9 Å². The molecule has 0 bridgehead atoms. The van der Waals surface area contributed by atoms with Crippen molar-refractivity contribution < 1.29 is 4.92 Å². The van der Waals surface area contributed by atoms with Gasteiger partial charge in [-0.15, -0.1) is 0 Å². The first-order chi connectivity index (χ1) is 8.06. The molecule has 0 atom stereocenters.